The molecule has 0 aliphatic heterocycles. The quantitative estimate of drug-likeness (QED) is 0.824. The summed E-state index contributed by atoms with van der Waals surface area (Å²) in [5, 5.41) is 3.09. The van der Waals surface area contributed by atoms with Gasteiger partial charge in [-0.3, -0.25) is 4.98 Å². The summed E-state index contributed by atoms with van der Waals surface area (Å²) < 4.78 is 22.8. The van der Waals surface area contributed by atoms with Crippen molar-refractivity contribution in [2.45, 2.75) is 22.5 Å². The third-order valence-electron chi connectivity index (χ3n) is 2.70. The maximum Gasteiger partial charge on any atom is 0.175 e. The van der Waals surface area contributed by atoms with Gasteiger partial charge in [-0.1, -0.05) is 0 Å². The Morgan fingerprint density at radius 2 is 1.86 bits per heavy atom. The Morgan fingerprint density at radius 3 is 2.38 bits per heavy atom. The molecule has 0 bridgehead atoms. The molecule has 0 atom stereocenters. The van der Waals surface area contributed by atoms with Gasteiger partial charge < -0.3 is 5.32 Å². The molecule has 2 aromatic rings. The fourth-order valence-electron chi connectivity index (χ4n) is 1.64. The lowest BCUT2D eigenvalue weighted by atomic mass is 10.4. The Kier molecular flexibility index (Phi) is 5.19. The average molecular weight is 323 g/mol. The highest BCUT2D eigenvalue weighted by molar-refractivity contribution is 7.98. The largest absolute Gasteiger partial charge is 0.369 e. The molecule has 1 N–H and O–H groups in total. The van der Waals surface area contributed by atoms with Crippen molar-refractivity contribution in [2.24, 2.45) is 0 Å². The first-order valence-corrected chi connectivity index (χ1v) is 9.34. The molecule has 0 aliphatic rings. The van der Waals surface area contributed by atoms with Crippen LogP contribution in [0.4, 0.5) is 5.82 Å². The summed E-state index contributed by atoms with van der Waals surface area (Å²) in [6.07, 6.45) is 4.67. The zero-order valence-electron chi connectivity index (χ0n) is 11.9. The second kappa shape index (κ2) is 6.91. The van der Waals surface area contributed by atoms with Gasteiger partial charge in [-0.25, -0.2) is 13.4 Å². The molecule has 7 heteroatoms. The molecule has 0 amide bonds. The van der Waals surface area contributed by atoms with Crippen molar-refractivity contribution in [3.05, 3.63) is 42.4 Å². The zero-order valence-corrected chi connectivity index (χ0v) is 13.5. The fraction of sp³-hybridized carbons (Fsp3) is 0.286. The van der Waals surface area contributed by atoms with Gasteiger partial charge in [0.25, 0.3) is 0 Å². The topological polar surface area (TPSA) is 72.0 Å². The number of aromatic nitrogens is 2. The number of nitrogens with one attached hydrogen (secondary N) is 1. The van der Waals surface area contributed by atoms with Crippen LogP contribution in [0.2, 0.25) is 0 Å². The summed E-state index contributed by atoms with van der Waals surface area (Å²) in [5.41, 5.74) is 0.883. The second-order valence-electron chi connectivity index (χ2n) is 4.46. The second-order valence-corrected chi connectivity index (χ2v) is 7.52. The van der Waals surface area contributed by atoms with Crippen LogP contribution in [0.3, 0.4) is 0 Å². The van der Waals surface area contributed by atoms with Gasteiger partial charge in [-0.2, -0.15) is 0 Å². The van der Waals surface area contributed by atoms with Gasteiger partial charge in [0, 0.05) is 23.4 Å². The molecule has 0 radical (unpaired) electrons. The van der Waals surface area contributed by atoms with Crippen LogP contribution >= 0.6 is 11.8 Å². The number of rotatable bonds is 6. The molecular weight excluding hydrogens is 306 g/mol. The third kappa shape index (κ3) is 4.71. The summed E-state index contributed by atoms with van der Waals surface area (Å²) in [5.74, 6) is 1.46. The highest BCUT2D eigenvalue weighted by atomic mass is 32.2. The maximum atomic E-state index is 11.4. The molecule has 0 saturated heterocycles. The first kappa shape index (κ1) is 15.8. The van der Waals surface area contributed by atoms with E-state index in [1.807, 2.05) is 19.1 Å². The zero-order chi connectivity index (χ0) is 15.3. The molecule has 0 aliphatic carbocycles. The van der Waals surface area contributed by atoms with Crippen molar-refractivity contribution < 1.29 is 8.42 Å². The Morgan fingerprint density at radius 1 is 1.14 bits per heavy atom. The fourth-order valence-corrected chi connectivity index (χ4v) is 3.06. The van der Waals surface area contributed by atoms with E-state index in [4.69, 9.17) is 0 Å². The lowest BCUT2D eigenvalue weighted by Gasteiger charge is -2.04. The lowest BCUT2D eigenvalue weighted by molar-refractivity contribution is 0.602. The normalized spacial score (nSPS) is 11.3. The highest BCUT2D eigenvalue weighted by Crippen LogP contribution is 2.23. The van der Waals surface area contributed by atoms with E-state index >= 15 is 0 Å². The minimum Gasteiger partial charge on any atom is -0.369 e. The van der Waals surface area contributed by atoms with E-state index in [0.717, 1.165) is 23.0 Å². The predicted octanol–water partition coefficient (Wildman–Crippen LogP) is 2.60. The number of benzene rings is 1. The molecule has 2 rings (SSSR count). The van der Waals surface area contributed by atoms with Crippen molar-refractivity contribution in [3.63, 3.8) is 0 Å². The molecule has 0 saturated carbocycles. The van der Waals surface area contributed by atoms with Crippen LogP contribution < -0.4 is 5.32 Å². The van der Waals surface area contributed by atoms with Crippen LogP contribution in [0.1, 0.15) is 12.6 Å². The summed E-state index contributed by atoms with van der Waals surface area (Å²) >= 11 is 1.59. The van der Waals surface area contributed by atoms with Gasteiger partial charge in [0.2, 0.25) is 0 Å². The smallest absolute Gasteiger partial charge is 0.175 e. The molecule has 1 aromatic carbocycles. The van der Waals surface area contributed by atoms with Crippen molar-refractivity contribution >= 4 is 27.4 Å². The van der Waals surface area contributed by atoms with E-state index in [-0.39, 0.29) is 0 Å². The number of sulfone groups is 1. The standard InChI is InChI=1S/C14H17N3O2S2/c1-3-15-14-9-16-11(8-17-14)10-20-12-4-6-13(7-5-12)21(2,18)19/h4-9H,3,10H2,1-2H3,(H,15,17). The molecule has 0 spiro atoms. The minimum absolute atomic E-state index is 0.335. The first-order chi connectivity index (χ1) is 9.99. The lowest BCUT2D eigenvalue weighted by Crippen LogP contribution is -2.00. The van der Waals surface area contributed by atoms with Crippen molar-refractivity contribution in [1.82, 2.24) is 9.97 Å². The van der Waals surface area contributed by atoms with Gasteiger partial charge in [-0.15, -0.1) is 11.8 Å². The van der Waals surface area contributed by atoms with E-state index in [1.54, 1.807) is 36.3 Å². The summed E-state index contributed by atoms with van der Waals surface area (Å²) in [7, 11) is -3.14. The van der Waals surface area contributed by atoms with Gasteiger partial charge in [-0.05, 0) is 31.2 Å². The van der Waals surface area contributed by atoms with E-state index in [2.05, 4.69) is 15.3 Å². The van der Waals surface area contributed by atoms with Gasteiger partial charge in [0.1, 0.15) is 5.82 Å². The van der Waals surface area contributed by atoms with Crippen molar-refractivity contribution in [2.75, 3.05) is 18.1 Å². The number of thioether (sulfide) groups is 1. The predicted molar refractivity (Wildman–Crippen MR) is 85.3 cm³/mol. The van der Waals surface area contributed by atoms with Crippen LogP contribution in [0, 0.1) is 0 Å². The third-order valence-corrected chi connectivity index (χ3v) is 4.88. The van der Waals surface area contributed by atoms with E-state index in [1.165, 1.54) is 6.26 Å². The SMILES string of the molecule is CCNc1cnc(CSc2ccc(S(C)(=O)=O)cc2)cn1. The van der Waals surface area contributed by atoms with E-state index in [0.29, 0.717) is 10.6 Å². The number of hydrogen-bond donors (Lipinski definition) is 1. The van der Waals surface area contributed by atoms with E-state index < -0.39 is 9.84 Å². The summed E-state index contributed by atoms with van der Waals surface area (Å²) in [4.78, 5) is 9.92. The molecule has 1 heterocycles. The van der Waals surface area contributed by atoms with Gasteiger partial charge in [0.05, 0.1) is 23.0 Å². The van der Waals surface area contributed by atoms with E-state index in [9.17, 15) is 8.42 Å². The van der Waals surface area contributed by atoms with Crippen LogP contribution in [0.5, 0.6) is 0 Å². The highest BCUT2D eigenvalue weighted by Gasteiger charge is 2.06. The Bertz CT molecular complexity index is 683. The number of nitrogens with zero attached hydrogens (tertiary/aromatic N) is 2. The van der Waals surface area contributed by atoms with Crippen molar-refractivity contribution in [3.8, 4) is 0 Å². The molecule has 0 unspecified atom stereocenters. The first-order valence-electron chi connectivity index (χ1n) is 6.47. The van der Waals surface area contributed by atoms with Crippen molar-refractivity contribution in [1.29, 1.82) is 0 Å². The number of hydrogen-bond acceptors (Lipinski definition) is 6. The van der Waals surface area contributed by atoms with Gasteiger partial charge in [0.15, 0.2) is 9.84 Å². The van der Waals surface area contributed by atoms with Gasteiger partial charge >= 0.3 is 0 Å². The summed E-state index contributed by atoms with van der Waals surface area (Å²) in [6.45, 7) is 2.82. The van der Waals surface area contributed by atoms with Crippen LogP contribution in [-0.4, -0.2) is 31.2 Å². The Labute approximate surface area is 129 Å². The molecule has 21 heavy (non-hydrogen) atoms. The van der Waals surface area contributed by atoms with Crippen LogP contribution in [0.15, 0.2) is 46.5 Å². The average Bonchev–Trinajstić information content (AvgIpc) is 2.46. The summed E-state index contributed by atoms with van der Waals surface area (Å²) in [6, 6.07) is 6.86. The molecule has 5 nitrogen and oxygen atoms in total. The molecule has 1 aromatic heterocycles. The Balaban J connectivity index is 1.96. The Hall–Kier alpha value is -1.60. The van der Waals surface area contributed by atoms with Crippen LogP contribution in [0.25, 0.3) is 0 Å². The minimum atomic E-state index is -3.14. The maximum absolute atomic E-state index is 11.4. The molecular formula is C14H17N3O2S2. The molecule has 0 fully saturated rings. The molecule has 112 valence electrons. The van der Waals surface area contributed by atoms with Crippen LogP contribution in [-0.2, 0) is 15.6 Å². The monoisotopic (exact) mass is 323 g/mol. The number of anilines is 1.